The monoisotopic (exact) mass is 336 g/mol. The van der Waals surface area contributed by atoms with Gasteiger partial charge in [0, 0.05) is 22.3 Å². The topological polar surface area (TPSA) is 52.6 Å². The van der Waals surface area contributed by atoms with Crippen molar-refractivity contribution in [3.05, 3.63) is 57.6 Å². The van der Waals surface area contributed by atoms with Gasteiger partial charge < -0.3 is 9.47 Å². The van der Waals surface area contributed by atoms with E-state index in [1.807, 2.05) is 38.1 Å². The number of Topliss-reactive ketones (excluding diaryl/α,β-unsaturated/α-hetero) is 2. The molecule has 2 aromatic carbocycles. The number of ether oxygens (including phenoxy) is 2. The molecule has 0 saturated carbocycles. The van der Waals surface area contributed by atoms with Crippen LogP contribution in [0.15, 0.2) is 24.3 Å². The molecule has 0 radical (unpaired) electrons. The van der Waals surface area contributed by atoms with Gasteiger partial charge in [0.1, 0.15) is 24.7 Å². The van der Waals surface area contributed by atoms with Crippen molar-refractivity contribution in [3.8, 4) is 11.5 Å². The van der Waals surface area contributed by atoms with Gasteiger partial charge in [0.15, 0.2) is 11.6 Å². The summed E-state index contributed by atoms with van der Waals surface area (Å²) in [6.07, 6.45) is 0. The normalized spacial score (nSPS) is 16.2. The first-order chi connectivity index (χ1) is 11.8. The Morgan fingerprint density at radius 1 is 0.800 bits per heavy atom. The average molecular weight is 336 g/mol. The first kappa shape index (κ1) is 15.9. The van der Waals surface area contributed by atoms with Crippen LogP contribution in [-0.4, -0.2) is 24.8 Å². The highest BCUT2D eigenvalue weighted by atomic mass is 16.5. The molecule has 4 rings (SSSR count). The van der Waals surface area contributed by atoms with Crippen molar-refractivity contribution in [1.29, 1.82) is 0 Å². The molecule has 0 aromatic heterocycles. The van der Waals surface area contributed by atoms with Crippen LogP contribution in [0.5, 0.6) is 11.5 Å². The van der Waals surface area contributed by atoms with Gasteiger partial charge in [-0.15, -0.1) is 0 Å². The molecule has 0 bridgehead atoms. The summed E-state index contributed by atoms with van der Waals surface area (Å²) in [5.41, 5.74) is 4.72. The fourth-order valence-electron chi connectivity index (χ4n) is 4.01. The fraction of sp³-hybridized carbons (Fsp3) is 0.333. The van der Waals surface area contributed by atoms with Gasteiger partial charge in [0.2, 0.25) is 0 Å². The fourth-order valence-corrected chi connectivity index (χ4v) is 4.01. The van der Waals surface area contributed by atoms with Crippen LogP contribution in [0.1, 0.15) is 56.8 Å². The Morgan fingerprint density at radius 2 is 1.20 bits per heavy atom. The van der Waals surface area contributed by atoms with Crippen molar-refractivity contribution < 1.29 is 19.1 Å². The molecule has 2 aliphatic rings. The van der Waals surface area contributed by atoms with E-state index >= 15 is 0 Å². The first-order valence-corrected chi connectivity index (χ1v) is 8.41. The Kier molecular flexibility index (Phi) is 3.29. The van der Waals surface area contributed by atoms with Crippen molar-refractivity contribution in [1.82, 2.24) is 0 Å². The molecule has 0 unspecified atom stereocenters. The van der Waals surface area contributed by atoms with Gasteiger partial charge >= 0.3 is 0 Å². The second-order valence-corrected chi connectivity index (χ2v) is 7.10. The number of carbonyl (C=O) groups is 2. The number of ketones is 2. The zero-order valence-electron chi connectivity index (χ0n) is 14.9. The molecule has 0 amide bonds. The average Bonchev–Trinajstić information content (AvgIpc) is 3.07. The van der Waals surface area contributed by atoms with Gasteiger partial charge in [-0.3, -0.25) is 9.59 Å². The van der Waals surface area contributed by atoms with E-state index in [-0.39, 0.29) is 11.6 Å². The lowest BCUT2D eigenvalue weighted by Crippen LogP contribution is -2.31. The van der Waals surface area contributed by atoms with E-state index < -0.39 is 5.41 Å². The molecule has 128 valence electrons. The standard InChI is InChI=1S/C21H20O4/c1-11-5-19-17(7-15(11)13(3)22)21(9-24-19)10-25-20-6-12(2)16(14(4)23)8-18(20)21/h5-8H,9-10H2,1-4H3. The van der Waals surface area contributed by atoms with Crippen LogP contribution >= 0.6 is 0 Å². The van der Waals surface area contributed by atoms with Crippen molar-refractivity contribution >= 4 is 11.6 Å². The van der Waals surface area contributed by atoms with Crippen LogP contribution in [-0.2, 0) is 5.41 Å². The zero-order valence-corrected chi connectivity index (χ0v) is 14.9. The second-order valence-electron chi connectivity index (χ2n) is 7.10. The van der Waals surface area contributed by atoms with Crippen LogP contribution in [0.2, 0.25) is 0 Å². The quantitative estimate of drug-likeness (QED) is 0.783. The molecule has 0 atom stereocenters. The predicted octanol–water partition coefficient (Wildman–Crippen LogP) is 3.78. The molecule has 2 aromatic rings. The molecule has 2 aliphatic heterocycles. The summed E-state index contributed by atoms with van der Waals surface area (Å²) in [6, 6.07) is 7.73. The maximum Gasteiger partial charge on any atom is 0.160 e. The van der Waals surface area contributed by atoms with E-state index in [1.54, 1.807) is 13.8 Å². The maximum absolute atomic E-state index is 12.0. The highest BCUT2D eigenvalue weighted by Crippen LogP contribution is 2.51. The molecule has 2 heterocycles. The highest BCUT2D eigenvalue weighted by molar-refractivity contribution is 5.97. The molecule has 1 spiro atoms. The molecule has 0 aliphatic carbocycles. The van der Waals surface area contributed by atoms with Crippen molar-refractivity contribution in [2.24, 2.45) is 0 Å². The third kappa shape index (κ3) is 2.13. The number of hydrogen-bond acceptors (Lipinski definition) is 4. The van der Waals surface area contributed by atoms with Crippen LogP contribution in [0.4, 0.5) is 0 Å². The minimum Gasteiger partial charge on any atom is -0.492 e. The van der Waals surface area contributed by atoms with E-state index in [4.69, 9.17) is 9.47 Å². The third-order valence-corrected chi connectivity index (χ3v) is 5.39. The number of rotatable bonds is 2. The summed E-state index contributed by atoms with van der Waals surface area (Å²) in [5, 5.41) is 0. The summed E-state index contributed by atoms with van der Waals surface area (Å²) >= 11 is 0. The summed E-state index contributed by atoms with van der Waals surface area (Å²) in [6.45, 7) is 7.90. The Balaban J connectivity index is 1.95. The smallest absolute Gasteiger partial charge is 0.160 e. The summed E-state index contributed by atoms with van der Waals surface area (Å²) in [5.74, 6) is 1.66. The van der Waals surface area contributed by atoms with E-state index in [0.717, 1.165) is 33.8 Å². The second kappa shape index (κ2) is 5.19. The lowest BCUT2D eigenvalue weighted by atomic mass is 9.76. The number of carbonyl (C=O) groups excluding carboxylic acids is 2. The molecule has 0 saturated heterocycles. The van der Waals surface area contributed by atoms with E-state index in [2.05, 4.69) is 0 Å². The number of benzene rings is 2. The zero-order chi connectivity index (χ0) is 17.9. The third-order valence-electron chi connectivity index (χ3n) is 5.39. The lowest BCUT2D eigenvalue weighted by molar-refractivity contribution is 0.100. The summed E-state index contributed by atoms with van der Waals surface area (Å²) < 4.78 is 11.9. The Bertz CT molecular complexity index is 862. The van der Waals surface area contributed by atoms with Crippen LogP contribution < -0.4 is 9.47 Å². The molecular weight excluding hydrogens is 316 g/mol. The largest absolute Gasteiger partial charge is 0.492 e. The van der Waals surface area contributed by atoms with Crippen molar-refractivity contribution in [3.63, 3.8) is 0 Å². The first-order valence-electron chi connectivity index (χ1n) is 8.41. The minimum absolute atomic E-state index is 0.0369. The van der Waals surface area contributed by atoms with Gasteiger partial charge in [0.25, 0.3) is 0 Å². The number of aryl methyl sites for hydroxylation is 2. The van der Waals surface area contributed by atoms with Crippen molar-refractivity contribution in [2.45, 2.75) is 33.1 Å². The molecule has 0 fully saturated rings. The molecule has 25 heavy (non-hydrogen) atoms. The molecule has 4 nitrogen and oxygen atoms in total. The lowest BCUT2D eigenvalue weighted by Gasteiger charge is -2.22. The van der Waals surface area contributed by atoms with Gasteiger partial charge in [-0.25, -0.2) is 0 Å². The van der Waals surface area contributed by atoms with Crippen LogP contribution in [0.25, 0.3) is 0 Å². The Morgan fingerprint density at radius 3 is 1.56 bits per heavy atom. The molecular formula is C21H20O4. The minimum atomic E-state index is -0.458. The summed E-state index contributed by atoms with van der Waals surface area (Å²) in [7, 11) is 0. The number of fused-ring (bicyclic) bond motifs is 4. The van der Waals surface area contributed by atoms with Crippen molar-refractivity contribution in [2.75, 3.05) is 13.2 Å². The van der Waals surface area contributed by atoms with E-state index in [1.165, 1.54) is 0 Å². The number of hydrogen-bond donors (Lipinski definition) is 0. The van der Waals surface area contributed by atoms with Gasteiger partial charge in [-0.1, -0.05) is 0 Å². The molecule has 0 N–H and O–H groups in total. The SMILES string of the molecule is CC(=O)c1cc2c(cc1C)OCC21COc2cc(C)c(C(C)=O)cc21. The summed E-state index contributed by atoms with van der Waals surface area (Å²) in [4.78, 5) is 24.0. The Labute approximate surface area is 146 Å². The van der Waals surface area contributed by atoms with Gasteiger partial charge in [-0.2, -0.15) is 0 Å². The Hall–Kier alpha value is -2.62. The molecule has 4 heteroatoms. The van der Waals surface area contributed by atoms with Crippen LogP contribution in [0, 0.1) is 13.8 Å². The maximum atomic E-state index is 12.0. The highest BCUT2D eigenvalue weighted by Gasteiger charge is 2.49. The van der Waals surface area contributed by atoms with E-state index in [9.17, 15) is 9.59 Å². The predicted molar refractivity (Wildman–Crippen MR) is 94.1 cm³/mol. The van der Waals surface area contributed by atoms with Crippen LogP contribution in [0.3, 0.4) is 0 Å². The van der Waals surface area contributed by atoms with Gasteiger partial charge in [-0.05, 0) is 63.1 Å². The van der Waals surface area contributed by atoms with Gasteiger partial charge in [0.05, 0.1) is 5.41 Å². The van der Waals surface area contributed by atoms with E-state index in [0.29, 0.717) is 24.3 Å².